The number of amides is 3. The molecule has 1 aliphatic rings. The maximum Gasteiger partial charge on any atom is 0.407 e. The van der Waals surface area contributed by atoms with E-state index in [1.165, 1.54) is 0 Å². The van der Waals surface area contributed by atoms with Gasteiger partial charge in [-0.05, 0) is 49.7 Å². The lowest BCUT2D eigenvalue weighted by Crippen LogP contribution is -2.45. The molecule has 0 spiro atoms. The molecular formula is C33H43N3O7. The van der Waals surface area contributed by atoms with Gasteiger partial charge in [0, 0.05) is 19.4 Å². The molecule has 3 rings (SSSR count). The first-order valence-corrected chi connectivity index (χ1v) is 14.9. The van der Waals surface area contributed by atoms with Gasteiger partial charge < -0.3 is 30.5 Å². The Morgan fingerprint density at radius 1 is 1.00 bits per heavy atom. The fourth-order valence-electron chi connectivity index (χ4n) is 4.70. The quantitative estimate of drug-likeness (QED) is 0.158. The van der Waals surface area contributed by atoms with E-state index in [0.717, 1.165) is 11.1 Å². The molecule has 232 valence electrons. The summed E-state index contributed by atoms with van der Waals surface area (Å²) >= 11 is 0. The van der Waals surface area contributed by atoms with Crippen LogP contribution in [-0.4, -0.2) is 60.8 Å². The van der Waals surface area contributed by atoms with Crippen LogP contribution in [0.3, 0.4) is 0 Å². The van der Waals surface area contributed by atoms with E-state index in [9.17, 15) is 24.3 Å². The first-order chi connectivity index (χ1) is 20.9. The Morgan fingerprint density at radius 2 is 1.72 bits per heavy atom. The zero-order chi connectivity index (χ0) is 30.7. The molecule has 10 nitrogen and oxygen atoms in total. The van der Waals surface area contributed by atoms with E-state index in [1.54, 1.807) is 0 Å². The predicted octanol–water partition coefficient (Wildman–Crippen LogP) is 3.58. The van der Waals surface area contributed by atoms with E-state index >= 15 is 0 Å². The van der Waals surface area contributed by atoms with E-state index in [4.69, 9.17) is 9.47 Å². The van der Waals surface area contributed by atoms with Crippen LogP contribution in [0.2, 0.25) is 0 Å². The molecule has 0 aliphatic carbocycles. The van der Waals surface area contributed by atoms with Gasteiger partial charge in [0.2, 0.25) is 11.8 Å². The number of unbranched alkanes of at least 4 members (excludes halogenated alkanes) is 1. The number of allylic oxidation sites excluding steroid dienone is 2. The number of hydrogen-bond acceptors (Lipinski definition) is 7. The van der Waals surface area contributed by atoms with Crippen molar-refractivity contribution in [1.29, 1.82) is 0 Å². The molecule has 1 heterocycles. The summed E-state index contributed by atoms with van der Waals surface area (Å²) in [5.74, 6) is -1.57. The number of hydrogen-bond donors (Lipinski definition) is 4. The minimum absolute atomic E-state index is 0.0312. The van der Waals surface area contributed by atoms with Crippen molar-refractivity contribution < 1.29 is 33.8 Å². The highest BCUT2D eigenvalue weighted by atomic mass is 16.5. The molecule has 3 atom stereocenters. The molecule has 0 unspecified atom stereocenters. The number of ether oxygens (including phenoxy) is 2. The summed E-state index contributed by atoms with van der Waals surface area (Å²) in [6.45, 7) is 0.402. The zero-order valence-corrected chi connectivity index (χ0v) is 24.5. The SMILES string of the molecule is O=C(C[C@H]1CC=CCCC(=O)OC[C@H](CCCCNC(=O)OCc2ccccc2)NC1=O)N[C@@H](CO)Cc1ccccc1. The number of aliphatic hydroxyl groups excluding tert-OH is 1. The van der Waals surface area contributed by atoms with Gasteiger partial charge in [-0.15, -0.1) is 0 Å². The number of carbonyl (C=O) groups excluding carboxylic acids is 4. The normalized spacial score (nSPS) is 18.3. The van der Waals surface area contributed by atoms with Gasteiger partial charge in [-0.25, -0.2) is 4.79 Å². The van der Waals surface area contributed by atoms with Crippen LogP contribution in [0.1, 0.15) is 56.1 Å². The molecule has 0 saturated heterocycles. The summed E-state index contributed by atoms with van der Waals surface area (Å²) in [6.07, 6.45) is 6.46. The molecule has 2 aromatic rings. The Kier molecular flexibility index (Phi) is 14.8. The highest BCUT2D eigenvalue weighted by molar-refractivity contribution is 5.86. The largest absolute Gasteiger partial charge is 0.463 e. The first-order valence-electron chi connectivity index (χ1n) is 14.9. The smallest absolute Gasteiger partial charge is 0.407 e. The molecule has 0 saturated carbocycles. The predicted molar refractivity (Wildman–Crippen MR) is 162 cm³/mol. The summed E-state index contributed by atoms with van der Waals surface area (Å²) in [5.41, 5.74) is 1.89. The van der Waals surface area contributed by atoms with E-state index in [-0.39, 0.29) is 50.4 Å². The van der Waals surface area contributed by atoms with E-state index in [0.29, 0.717) is 45.1 Å². The highest BCUT2D eigenvalue weighted by Crippen LogP contribution is 2.15. The van der Waals surface area contributed by atoms with E-state index in [1.807, 2.05) is 72.8 Å². The summed E-state index contributed by atoms with van der Waals surface area (Å²) in [4.78, 5) is 50.3. The van der Waals surface area contributed by atoms with Crippen molar-refractivity contribution in [3.05, 3.63) is 83.9 Å². The van der Waals surface area contributed by atoms with Crippen molar-refractivity contribution in [2.45, 2.75) is 70.1 Å². The summed E-state index contributed by atoms with van der Waals surface area (Å²) in [5, 5.41) is 18.3. The Balaban J connectivity index is 1.48. The van der Waals surface area contributed by atoms with Gasteiger partial charge in [0.05, 0.1) is 24.6 Å². The van der Waals surface area contributed by atoms with Crippen LogP contribution in [0.15, 0.2) is 72.8 Å². The number of aliphatic hydroxyl groups is 1. The molecule has 2 aromatic carbocycles. The average Bonchev–Trinajstić information content (AvgIpc) is 3.01. The molecule has 43 heavy (non-hydrogen) atoms. The average molecular weight is 594 g/mol. The molecule has 0 radical (unpaired) electrons. The lowest BCUT2D eigenvalue weighted by atomic mass is 9.97. The summed E-state index contributed by atoms with van der Waals surface area (Å²) in [7, 11) is 0. The maximum absolute atomic E-state index is 13.3. The van der Waals surface area contributed by atoms with Crippen LogP contribution in [0, 0.1) is 5.92 Å². The van der Waals surface area contributed by atoms with Crippen LogP contribution < -0.4 is 16.0 Å². The van der Waals surface area contributed by atoms with Gasteiger partial charge in [-0.2, -0.15) is 0 Å². The highest BCUT2D eigenvalue weighted by Gasteiger charge is 2.25. The topological polar surface area (TPSA) is 143 Å². The second-order valence-electron chi connectivity index (χ2n) is 10.7. The number of nitrogens with one attached hydrogen (secondary N) is 3. The Bertz CT molecular complexity index is 1170. The van der Waals surface area contributed by atoms with Gasteiger partial charge in [0.25, 0.3) is 0 Å². The minimum atomic E-state index is -0.619. The molecule has 0 aromatic heterocycles. The third-order valence-electron chi connectivity index (χ3n) is 7.07. The van der Waals surface area contributed by atoms with Crippen LogP contribution in [0.5, 0.6) is 0 Å². The Morgan fingerprint density at radius 3 is 2.44 bits per heavy atom. The van der Waals surface area contributed by atoms with Crippen LogP contribution in [0.25, 0.3) is 0 Å². The monoisotopic (exact) mass is 593 g/mol. The fourth-order valence-corrected chi connectivity index (χ4v) is 4.70. The van der Waals surface area contributed by atoms with E-state index < -0.39 is 24.1 Å². The van der Waals surface area contributed by atoms with Crippen molar-refractivity contribution in [2.24, 2.45) is 5.92 Å². The Labute approximate surface area is 253 Å². The van der Waals surface area contributed by atoms with Gasteiger partial charge in [-0.3, -0.25) is 14.4 Å². The van der Waals surface area contributed by atoms with Crippen molar-refractivity contribution >= 4 is 23.9 Å². The van der Waals surface area contributed by atoms with Crippen molar-refractivity contribution in [3.8, 4) is 0 Å². The van der Waals surface area contributed by atoms with Crippen molar-refractivity contribution in [2.75, 3.05) is 19.8 Å². The molecule has 3 amide bonds. The van der Waals surface area contributed by atoms with Crippen molar-refractivity contribution in [3.63, 3.8) is 0 Å². The zero-order valence-electron chi connectivity index (χ0n) is 24.5. The number of cyclic esters (lactones) is 1. The van der Waals surface area contributed by atoms with Crippen molar-refractivity contribution in [1.82, 2.24) is 16.0 Å². The lowest BCUT2D eigenvalue weighted by molar-refractivity contribution is -0.145. The minimum Gasteiger partial charge on any atom is -0.463 e. The number of alkyl carbamates (subject to hydrolysis) is 1. The summed E-state index contributed by atoms with van der Waals surface area (Å²) in [6, 6.07) is 18.1. The third-order valence-corrected chi connectivity index (χ3v) is 7.07. The standard InChI is InChI=1S/C33H43N3O7/c37-22-29(20-25-12-4-1-5-13-25)35-30(38)21-27-16-8-3-9-18-31(39)42-24-28(36-32(27)40)17-10-11-19-34-33(41)43-23-26-14-6-2-7-15-26/h1-8,12-15,27-29,37H,9-11,16-24H2,(H,34,41)(H,35,38)(H,36,40)/t27-,28+,29-/m1/s1. The molecule has 1 aliphatic heterocycles. The molecular weight excluding hydrogens is 550 g/mol. The Hall–Kier alpha value is -4.18. The van der Waals surface area contributed by atoms with Gasteiger partial charge in [0.1, 0.15) is 13.2 Å². The lowest BCUT2D eigenvalue weighted by Gasteiger charge is -2.23. The maximum atomic E-state index is 13.3. The van der Waals surface area contributed by atoms with Gasteiger partial charge in [-0.1, -0.05) is 72.8 Å². The molecule has 10 heteroatoms. The van der Waals surface area contributed by atoms with Gasteiger partial charge >= 0.3 is 12.1 Å². The first kappa shape index (κ1) is 33.3. The number of esters is 1. The molecule has 0 fully saturated rings. The molecule has 4 N–H and O–H groups in total. The number of benzene rings is 2. The third kappa shape index (κ3) is 13.6. The van der Waals surface area contributed by atoms with Crippen LogP contribution in [0.4, 0.5) is 4.79 Å². The van der Waals surface area contributed by atoms with Crippen LogP contribution >= 0.6 is 0 Å². The van der Waals surface area contributed by atoms with Gasteiger partial charge in [0.15, 0.2) is 0 Å². The number of carbonyl (C=O) groups is 4. The van der Waals surface area contributed by atoms with Crippen LogP contribution in [-0.2, 0) is 36.9 Å². The molecule has 0 bridgehead atoms. The second-order valence-corrected chi connectivity index (χ2v) is 10.7. The second kappa shape index (κ2) is 19.1. The summed E-state index contributed by atoms with van der Waals surface area (Å²) < 4.78 is 10.6. The number of rotatable bonds is 13. The van der Waals surface area contributed by atoms with E-state index in [2.05, 4.69) is 16.0 Å². The fraction of sp³-hybridized carbons (Fsp3) is 0.455.